The first-order valence-electron chi connectivity index (χ1n) is 16.9. The van der Waals surface area contributed by atoms with E-state index in [9.17, 15) is 0 Å². The van der Waals surface area contributed by atoms with Crippen molar-refractivity contribution in [2.45, 2.75) is 200 Å². The standard InChI is InChI=1S/C34H67N2/c1-3-5-7-9-11-13-15-16-17-18-19-20-21-23-25-27-29-31-36-33-32-35(34-36)30-28-26-24-22-14-12-10-8-6-4-2/h32-34H,3-31H2,1-2H3/q+1. The average Bonchev–Trinajstić information content (AvgIpc) is 3.34. The first-order chi connectivity index (χ1) is 17.9. The van der Waals surface area contributed by atoms with Crippen LogP contribution in [0.3, 0.4) is 0 Å². The fourth-order valence-corrected chi connectivity index (χ4v) is 5.50. The fourth-order valence-electron chi connectivity index (χ4n) is 5.50. The smallest absolute Gasteiger partial charge is 0.237 e. The summed E-state index contributed by atoms with van der Waals surface area (Å²) in [6, 6.07) is 0. The molecule has 0 fully saturated rings. The van der Waals surface area contributed by atoms with Gasteiger partial charge in [0.2, 0.25) is 6.33 Å². The third-order valence-corrected chi connectivity index (χ3v) is 8.04. The van der Waals surface area contributed by atoms with E-state index >= 15 is 0 Å². The monoisotopic (exact) mass is 504 g/mol. The van der Waals surface area contributed by atoms with E-state index in [1.54, 1.807) is 0 Å². The minimum absolute atomic E-state index is 1.20. The highest BCUT2D eigenvalue weighted by atomic mass is 15.1. The van der Waals surface area contributed by atoms with Crippen LogP contribution in [0.1, 0.15) is 187 Å². The highest BCUT2D eigenvalue weighted by Crippen LogP contribution is 2.14. The van der Waals surface area contributed by atoms with Crippen molar-refractivity contribution in [3.63, 3.8) is 0 Å². The zero-order valence-corrected chi connectivity index (χ0v) is 25.1. The molecule has 212 valence electrons. The lowest BCUT2D eigenvalue weighted by Gasteiger charge is -2.03. The van der Waals surface area contributed by atoms with Crippen molar-refractivity contribution < 1.29 is 4.57 Å². The maximum atomic E-state index is 2.40. The third-order valence-electron chi connectivity index (χ3n) is 8.04. The van der Waals surface area contributed by atoms with Gasteiger partial charge >= 0.3 is 0 Å². The highest BCUT2D eigenvalue weighted by Gasteiger charge is 2.03. The predicted octanol–water partition coefficient (Wildman–Crippen LogP) is 11.3. The average molecular weight is 504 g/mol. The Balaban J connectivity index is 1.80. The summed E-state index contributed by atoms with van der Waals surface area (Å²) in [6.45, 7) is 7.00. The molecule has 0 aromatic carbocycles. The molecule has 2 nitrogen and oxygen atoms in total. The summed E-state index contributed by atoms with van der Waals surface area (Å²) in [5.41, 5.74) is 0. The molecule has 0 saturated carbocycles. The Morgan fingerprint density at radius 3 is 1.14 bits per heavy atom. The summed E-state index contributed by atoms with van der Waals surface area (Å²) >= 11 is 0. The molecule has 0 bridgehead atoms. The maximum Gasteiger partial charge on any atom is 0.243 e. The number of hydrogen-bond acceptors (Lipinski definition) is 0. The van der Waals surface area contributed by atoms with Gasteiger partial charge in [-0.3, -0.25) is 0 Å². The molecule has 0 saturated heterocycles. The summed E-state index contributed by atoms with van der Waals surface area (Å²) in [4.78, 5) is 0. The molecule has 0 aliphatic carbocycles. The van der Waals surface area contributed by atoms with E-state index in [1.807, 2.05) is 0 Å². The van der Waals surface area contributed by atoms with Crippen LogP contribution in [-0.2, 0) is 13.1 Å². The molecule has 0 N–H and O–H groups in total. The molecule has 1 heterocycles. The van der Waals surface area contributed by atoms with Gasteiger partial charge in [-0.1, -0.05) is 162 Å². The van der Waals surface area contributed by atoms with Crippen molar-refractivity contribution in [3.8, 4) is 0 Å². The van der Waals surface area contributed by atoms with Gasteiger partial charge in [0, 0.05) is 0 Å². The first kappa shape index (κ1) is 33.2. The zero-order chi connectivity index (χ0) is 25.8. The maximum absolute atomic E-state index is 2.40. The summed E-state index contributed by atoms with van der Waals surface area (Å²) in [5, 5.41) is 0. The third kappa shape index (κ3) is 22.4. The van der Waals surface area contributed by atoms with Crippen LogP contribution >= 0.6 is 0 Å². The van der Waals surface area contributed by atoms with Gasteiger partial charge in [0.1, 0.15) is 12.4 Å². The van der Waals surface area contributed by atoms with Crippen LogP contribution in [0.5, 0.6) is 0 Å². The topological polar surface area (TPSA) is 8.81 Å². The molecule has 0 spiro atoms. The van der Waals surface area contributed by atoms with Gasteiger partial charge in [0.25, 0.3) is 0 Å². The Morgan fingerprint density at radius 1 is 0.417 bits per heavy atom. The van der Waals surface area contributed by atoms with Crippen LogP contribution in [0.2, 0.25) is 0 Å². The molecule has 0 atom stereocenters. The predicted molar refractivity (Wildman–Crippen MR) is 161 cm³/mol. The lowest BCUT2D eigenvalue weighted by atomic mass is 10.0. The number of aryl methyl sites for hydroxylation is 2. The van der Waals surface area contributed by atoms with Crippen molar-refractivity contribution >= 4 is 0 Å². The molecule has 0 amide bonds. The van der Waals surface area contributed by atoms with Gasteiger partial charge in [-0.2, -0.15) is 0 Å². The molecule has 0 aliphatic rings. The highest BCUT2D eigenvalue weighted by molar-refractivity contribution is 4.66. The molecule has 1 aromatic rings. The zero-order valence-electron chi connectivity index (χ0n) is 25.1. The quantitative estimate of drug-likeness (QED) is 0.0759. The molecule has 2 heteroatoms. The Kier molecular flexibility index (Phi) is 25.2. The Morgan fingerprint density at radius 2 is 0.750 bits per heavy atom. The molecular weight excluding hydrogens is 436 g/mol. The number of hydrogen-bond donors (Lipinski definition) is 0. The largest absolute Gasteiger partial charge is 0.243 e. The van der Waals surface area contributed by atoms with Crippen LogP contribution in [0, 0.1) is 0 Å². The van der Waals surface area contributed by atoms with Crippen molar-refractivity contribution in [2.24, 2.45) is 0 Å². The number of imidazole rings is 1. The van der Waals surface area contributed by atoms with Gasteiger partial charge in [0.05, 0.1) is 13.1 Å². The Labute approximate surface area is 228 Å². The molecule has 36 heavy (non-hydrogen) atoms. The minimum atomic E-state index is 1.20. The minimum Gasteiger partial charge on any atom is -0.237 e. The molecular formula is C34H67N2+. The number of unbranched alkanes of at least 4 members (excludes halogenated alkanes) is 25. The van der Waals surface area contributed by atoms with Crippen molar-refractivity contribution in [1.29, 1.82) is 0 Å². The summed E-state index contributed by atoms with van der Waals surface area (Å²) < 4.78 is 4.81. The summed E-state index contributed by atoms with van der Waals surface area (Å²) in [5.74, 6) is 0. The summed E-state index contributed by atoms with van der Waals surface area (Å²) in [7, 11) is 0. The van der Waals surface area contributed by atoms with Crippen molar-refractivity contribution in [2.75, 3.05) is 0 Å². The Hall–Kier alpha value is -0.790. The van der Waals surface area contributed by atoms with Gasteiger partial charge < -0.3 is 0 Å². The molecule has 0 radical (unpaired) electrons. The second-order valence-electron chi connectivity index (χ2n) is 11.7. The number of nitrogens with zero attached hydrogens (tertiary/aromatic N) is 2. The van der Waals surface area contributed by atoms with Gasteiger partial charge in [-0.25, -0.2) is 9.13 Å². The van der Waals surface area contributed by atoms with Crippen LogP contribution in [0.15, 0.2) is 18.7 Å². The molecule has 1 rings (SSSR count). The van der Waals surface area contributed by atoms with E-state index in [0.717, 1.165) is 0 Å². The molecule has 0 unspecified atom stereocenters. The van der Waals surface area contributed by atoms with Crippen LogP contribution in [0.25, 0.3) is 0 Å². The van der Waals surface area contributed by atoms with Gasteiger partial charge in [-0.15, -0.1) is 0 Å². The van der Waals surface area contributed by atoms with Gasteiger partial charge in [0.15, 0.2) is 0 Å². The van der Waals surface area contributed by atoms with E-state index in [2.05, 4.69) is 41.7 Å². The first-order valence-corrected chi connectivity index (χ1v) is 16.9. The fraction of sp³-hybridized carbons (Fsp3) is 0.912. The van der Waals surface area contributed by atoms with Crippen LogP contribution in [-0.4, -0.2) is 4.57 Å². The van der Waals surface area contributed by atoms with Crippen LogP contribution in [0.4, 0.5) is 0 Å². The molecule has 1 aromatic heterocycles. The normalized spacial score (nSPS) is 11.5. The van der Waals surface area contributed by atoms with E-state index in [1.165, 1.54) is 186 Å². The van der Waals surface area contributed by atoms with E-state index in [4.69, 9.17) is 0 Å². The van der Waals surface area contributed by atoms with Crippen molar-refractivity contribution in [1.82, 2.24) is 4.57 Å². The number of rotatable bonds is 29. The van der Waals surface area contributed by atoms with Crippen molar-refractivity contribution in [3.05, 3.63) is 18.7 Å². The van der Waals surface area contributed by atoms with E-state index in [0.29, 0.717) is 0 Å². The lowest BCUT2D eigenvalue weighted by Crippen LogP contribution is -2.30. The second kappa shape index (κ2) is 27.3. The van der Waals surface area contributed by atoms with E-state index < -0.39 is 0 Å². The van der Waals surface area contributed by atoms with E-state index in [-0.39, 0.29) is 0 Å². The lowest BCUT2D eigenvalue weighted by molar-refractivity contribution is -0.696. The molecule has 0 aliphatic heterocycles. The van der Waals surface area contributed by atoms with Crippen LogP contribution < -0.4 is 4.57 Å². The number of aromatic nitrogens is 2. The van der Waals surface area contributed by atoms with Gasteiger partial charge in [-0.05, 0) is 25.7 Å². The second-order valence-corrected chi connectivity index (χ2v) is 11.7. The summed E-state index contributed by atoms with van der Waals surface area (Å²) in [6.07, 6.45) is 45.7. The Bertz CT molecular complexity index is 535. The SMILES string of the molecule is CCCCCCCCCCCCCCCCCCCn1cc[n+](CCCCCCCCCCCC)c1.